The normalized spacial score (nSPS) is 19.2. The number of hydrogen-bond donors (Lipinski definition) is 0. The minimum absolute atomic E-state index is 0. The van der Waals surface area contributed by atoms with Gasteiger partial charge in [-0.25, -0.2) is 0 Å². The van der Waals surface area contributed by atoms with Gasteiger partial charge in [-0.2, -0.15) is 0 Å². The Hall–Kier alpha value is -1.54. The fraction of sp³-hybridized carbons (Fsp3) is 0.318. The molecular weight excluding hydrogens is 486 g/mol. The van der Waals surface area contributed by atoms with Gasteiger partial charge in [-0.3, -0.25) is 0 Å². The Morgan fingerprint density at radius 1 is 1.16 bits per heavy atom. The summed E-state index contributed by atoms with van der Waals surface area (Å²) in [5.74, 6) is 0.562. The van der Waals surface area contributed by atoms with Crippen molar-refractivity contribution in [3.8, 4) is 11.3 Å². The number of fused-ring (bicyclic) bond motifs is 2. The summed E-state index contributed by atoms with van der Waals surface area (Å²) in [4.78, 5) is 4.69. The van der Waals surface area contributed by atoms with Crippen molar-refractivity contribution in [3.63, 3.8) is 0 Å². The Kier molecular flexibility index (Phi) is 5.11. The van der Waals surface area contributed by atoms with E-state index in [2.05, 4.69) is 56.3 Å². The Balaban J connectivity index is 0.00000182. The zero-order valence-corrected chi connectivity index (χ0v) is 17.2. The van der Waals surface area contributed by atoms with Crippen molar-refractivity contribution >= 4 is 10.8 Å². The summed E-state index contributed by atoms with van der Waals surface area (Å²) in [6, 6.07) is 18.2. The Labute approximate surface area is 163 Å². The van der Waals surface area contributed by atoms with Crippen molar-refractivity contribution in [2.24, 2.45) is 5.92 Å². The van der Waals surface area contributed by atoms with Crippen LogP contribution in [0.15, 0.2) is 48.7 Å². The molecule has 0 saturated carbocycles. The molecule has 3 heteroatoms. The van der Waals surface area contributed by atoms with Crippen molar-refractivity contribution < 1.29 is 24.8 Å². The molecule has 2 aromatic carbocycles. The van der Waals surface area contributed by atoms with Gasteiger partial charge >= 0.3 is 0 Å². The molecule has 2 atom stereocenters. The van der Waals surface area contributed by atoms with Crippen LogP contribution in [0.5, 0.6) is 0 Å². The number of aromatic nitrogens is 1. The second kappa shape index (κ2) is 6.99. The first kappa shape index (κ1) is 18.3. The Morgan fingerprint density at radius 2 is 1.96 bits per heavy atom. The van der Waals surface area contributed by atoms with E-state index >= 15 is 0 Å². The van der Waals surface area contributed by atoms with Crippen LogP contribution in [0.25, 0.3) is 22.0 Å². The maximum atomic E-state index is 6.28. The summed E-state index contributed by atoms with van der Waals surface area (Å²) in [7, 11) is 1.83. The molecule has 0 N–H and O–H groups in total. The van der Waals surface area contributed by atoms with E-state index in [1.807, 2.05) is 19.4 Å². The summed E-state index contributed by atoms with van der Waals surface area (Å²) < 4.78 is 6.28. The van der Waals surface area contributed by atoms with Crippen LogP contribution in [0.1, 0.15) is 37.8 Å². The number of benzene rings is 2. The molecule has 3 aromatic rings. The molecule has 1 radical (unpaired) electrons. The number of methoxy groups -OCH3 is 1. The molecule has 0 bridgehead atoms. The minimum Gasteiger partial charge on any atom is -0.378 e. The third-order valence-corrected chi connectivity index (χ3v) is 5.44. The van der Waals surface area contributed by atoms with Gasteiger partial charge in [-0.15, -0.1) is 29.8 Å². The van der Waals surface area contributed by atoms with Crippen LogP contribution in [0.2, 0.25) is 0 Å². The number of rotatable bonds is 4. The van der Waals surface area contributed by atoms with Gasteiger partial charge in [0.2, 0.25) is 0 Å². The van der Waals surface area contributed by atoms with Gasteiger partial charge in [0.15, 0.2) is 0 Å². The molecule has 25 heavy (non-hydrogen) atoms. The van der Waals surface area contributed by atoms with E-state index in [4.69, 9.17) is 9.72 Å². The van der Waals surface area contributed by atoms with Gasteiger partial charge in [0.25, 0.3) is 0 Å². The maximum absolute atomic E-state index is 6.28. The third-order valence-electron chi connectivity index (χ3n) is 5.44. The first-order chi connectivity index (χ1) is 11.7. The van der Waals surface area contributed by atoms with Crippen molar-refractivity contribution in [2.75, 3.05) is 7.11 Å². The van der Waals surface area contributed by atoms with Crippen LogP contribution < -0.4 is 0 Å². The SMILES string of the molecule is CCC(C)CC1(OC)c2ccc[c-]c2-c2nccc3cccc1c23.[Ir]. The third kappa shape index (κ3) is 2.66. The summed E-state index contributed by atoms with van der Waals surface area (Å²) in [5.41, 5.74) is 4.09. The molecule has 0 saturated heterocycles. The van der Waals surface area contributed by atoms with Crippen LogP contribution in [0, 0.1) is 12.0 Å². The van der Waals surface area contributed by atoms with Crippen molar-refractivity contribution in [2.45, 2.75) is 32.3 Å². The van der Waals surface area contributed by atoms with Crippen LogP contribution in [0.3, 0.4) is 0 Å². The molecular formula is C22H22IrNO-. The van der Waals surface area contributed by atoms with E-state index < -0.39 is 5.60 Å². The molecule has 0 fully saturated rings. The molecule has 2 nitrogen and oxygen atoms in total. The zero-order chi connectivity index (χ0) is 16.7. The summed E-state index contributed by atoms with van der Waals surface area (Å²) in [6.07, 6.45) is 3.98. The molecule has 0 spiro atoms. The summed E-state index contributed by atoms with van der Waals surface area (Å²) in [6.45, 7) is 4.54. The molecule has 0 aliphatic heterocycles. The summed E-state index contributed by atoms with van der Waals surface area (Å²) in [5, 5.41) is 2.42. The molecule has 1 heterocycles. The van der Waals surface area contributed by atoms with E-state index in [0.29, 0.717) is 5.92 Å². The molecule has 1 aromatic heterocycles. The minimum atomic E-state index is -0.432. The number of pyridine rings is 1. The smallest absolute Gasteiger partial charge is 0.0852 e. The second-order valence-electron chi connectivity index (χ2n) is 6.77. The van der Waals surface area contributed by atoms with Crippen LogP contribution in [-0.4, -0.2) is 12.1 Å². The predicted octanol–water partition coefficient (Wildman–Crippen LogP) is 5.34. The van der Waals surface area contributed by atoms with Crippen molar-refractivity contribution in [1.82, 2.24) is 4.98 Å². The maximum Gasteiger partial charge on any atom is 0.0852 e. The summed E-state index contributed by atoms with van der Waals surface area (Å²) >= 11 is 0. The van der Waals surface area contributed by atoms with E-state index in [9.17, 15) is 0 Å². The largest absolute Gasteiger partial charge is 0.378 e. The van der Waals surface area contributed by atoms with E-state index in [-0.39, 0.29) is 20.1 Å². The van der Waals surface area contributed by atoms with E-state index in [1.54, 1.807) is 0 Å². The van der Waals surface area contributed by atoms with E-state index in [0.717, 1.165) is 24.1 Å². The van der Waals surface area contributed by atoms with Crippen molar-refractivity contribution in [1.29, 1.82) is 0 Å². The second-order valence-corrected chi connectivity index (χ2v) is 6.77. The first-order valence-corrected chi connectivity index (χ1v) is 8.66. The predicted molar refractivity (Wildman–Crippen MR) is 97.9 cm³/mol. The van der Waals surface area contributed by atoms with Crippen molar-refractivity contribution in [3.05, 3.63) is 65.9 Å². The standard InChI is InChI=1S/C22H22NO.Ir/c1-4-15(2)14-22(24-3)18-10-6-5-9-17(18)21-20-16(12-13-23-21)8-7-11-19(20)22;/h5-8,10-13,15H,4,14H2,1-3H3;/q-1;. The van der Waals surface area contributed by atoms with Gasteiger partial charge in [-0.1, -0.05) is 44.0 Å². The molecule has 1 aliphatic rings. The van der Waals surface area contributed by atoms with Gasteiger partial charge in [0.05, 0.1) is 5.60 Å². The van der Waals surface area contributed by atoms with E-state index in [1.165, 1.54) is 21.9 Å². The first-order valence-electron chi connectivity index (χ1n) is 8.66. The monoisotopic (exact) mass is 509 g/mol. The van der Waals surface area contributed by atoms with Crippen LogP contribution in [0.4, 0.5) is 0 Å². The molecule has 4 rings (SSSR count). The van der Waals surface area contributed by atoms with Gasteiger partial charge < -0.3 is 9.72 Å². The number of hydrogen-bond acceptors (Lipinski definition) is 2. The number of ether oxygens (including phenoxy) is 1. The molecule has 0 amide bonds. The average Bonchev–Trinajstić information content (AvgIpc) is 2.65. The number of nitrogens with zero attached hydrogens (tertiary/aromatic N) is 1. The fourth-order valence-corrected chi connectivity index (χ4v) is 4.03. The molecule has 2 unspecified atom stereocenters. The molecule has 1 aliphatic carbocycles. The van der Waals surface area contributed by atoms with Gasteiger partial charge in [0.1, 0.15) is 0 Å². The Bertz CT molecular complexity index is 902. The topological polar surface area (TPSA) is 22.1 Å². The van der Waals surface area contributed by atoms with Gasteiger partial charge in [-0.05, 0) is 40.4 Å². The zero-order valence-electron chi connectivity index (χ0n) is 14.8. The van der Waals surface area contributed by atoms with Gasteiger partial charge in [0, 0.05) is 33.4 Å². The Morgan fingerprint density at radius 3 is 2.72 bits per heavy atom. The fourth-order valence-electron chi connectivity index (χ4n) is 4.03. The average molecular weight is 509 g/mol. The van der Waals surface area contributed by atoms with Crippen LogP contribution in [-0.2, 0) is 30.4 Å². The van der Waals surface area contributed by atoms with Crippen LogP contribution >= 0.6 is 0 Å². The quantitative estimate of drug-likeness (QED) is 0.444. The molecule has 131 valence electrons.